The van der Waals surface area contributed by atoms with Crippen molar-refractivity contribution in [1.82, 2.24) is 10.0 Å². The van der Waals surface area contributed by atoms with Crippen LogP contribution in [0.2, 0.25) is 0 Å². The quantitative estimate of drug-likeness (QED) is 0.745. The molecule has 1 rings (SSSR count). The number of thiophene rings is 1. The lowest BCUT2D eigenvalue weighted by Crippen LogP contribution is -2.39. The molecule has 0 radical (unpaired) electrons. The SMILES string of the molecule is CCCNC(=O)NS(=O)(=O)c1cc(N)cs1. The minimum Gasteiger partial charge on any atom is -0.398 e. The van der Waals surface area contributed by atoms with Gasteiger partial charge in [0.15, 0.2) is 0 Å². The Bertz CT molecular complexity index is 467. The van der Waals surface area contributed by atoms with Crippen molar-refractivity contribution in [2.24, 2.45) is 0 Å². The summed E-state index contributed by atoms with van der Waals surface area (Å²) in [5.74, 6) is 0. The molecule has 1 aromatic rings. The monoisotopic (exact) mass is 263 g/mol. The zero-order valence-corrected chi connectivity index (χ0v) is 10.3. The molecule has 2 amide bonds. The highest BCUT2D eigenvalue weighted by Gasteiger charge is 2.18. The number of nitrogens with one attached hydrogen (secondary N) is 2. The van der Waals surface area contributed by atoms with Gasteiger partial charge in [-0.05, 0) is 12.5 Å². The molecule has 16 heavy (non-hydrogen) atoms. The number of urea groups is 1. The van der Waals surface area contributed by atoms with Gasteiger partial charge < -0.3 is 11.1 Å². The number of sulfonamides is 1. The molecule has 0 spiro atoms. The maximum Gasteiger partial charge on any atom is 0.328 e. The maximum absolute atomic E-state index is 11.6. The molecule has 0 aliphatic heterocycles. The van der Waals surface area contributed by atoms with Crippen LogP contribution in [0.5, 0.6) is 0 Å². The van der Waals surface area contributed by atoms with E-state index in [0.717, 1.165) is 17.8 Å². The van der Waals surface area contributed by atoms with Gasteiger partial charge in [-0.1, -0.05) is 6.92 Å². The molecule has 0 atom stereocenters. The molecule has 8 heteroatoms. The van der Waals surface area contributed by atoms with E-state index in [9.17, 15) is 13.2 Å². The van der Waals surface area contributed by atoms with Crippen molar-refractivity contribution in [3.63, 3.8) is 0 Å². The summed E-state index contributed by atoms with van der Waals surface area (Å²) in [6.07, 6.45) is 0.736. The fourth-order valence-electron chi connectivity index (χ4n) is 0.918. The van der Waals surface area contributed by atoms with Gasteiger partial charge in [0.05, 0.1) is 0 Å². The summed E-state index contributed by atoms with van der Waals surface area (Å²) in [7, 11) is -3.79. The second-order valence-corrected chi connectivity index (χ2v) is 5.88. The van der Waals surface area contributed by atoms with Crippen LogP contribution >= 0.6 is 11.3 Å². The standard InChI is InChI=1S/C8H13N3O3S2/c1-2-3-10-8(12)11-16(13,14)7-4-6(9)5-15-7/h4-5H,2-3,9H2,1H3,(H2,10,11,12). The van der Waals surface area contributed by atoms with Crippen LogP contribution in [0.4, 0.5) is 10.5 Å². The van der Waals surface area contributed by atoms with Gasteiger partial charge in [0, 0.05) is 17.6 Å². The number of nitrogen functional groups attached to an aromatic ring is 1. The molecule has 0 bridgehead atoms. The van der Waals surface area contributed by atoms with Gasteiger partial charge >= 0.3 is 6.03 Å². The Hall–Kier alpha value is -1.28. The summed E-state index contributed by atoms with van der Waals surface area (Å²) in [4.78, 5) is 11.2. The topological polar surface area (TPSA) is 101 Å². The van der Waals surface area contributed by atoms with E-state index in [-0.39, 0.29) is 4.21 Å². The molecular formula is C8H13N3O3S2. The third-order valence-electron chi connectivity index (χ3n) is 1.62. The zero-order valence-electron chi connectivity index (χ0n) is 8.69. The third-order valence-corrected chi connectivity index (χ3v) is 4.41. The van der Waals surface area contributed by atoms with E-state index < -0.39 is 16.1 Å². The van der Waals surface area contributed by atoms with Crippen molar-refractivity contribution in [1.29, 1.82) is 0 Å². The van der Waals surface area contributed by atoms with Crippen LogP contribution in [0.1, 0.15) is 13.3 Å². The molecule has 0 aliphatic rings. The van der Waals surface area contributed by atoms with Crippen LogP contribution in [0.3, 0.4) is 0 Å². The molecule has 0 saturated heterocycles. The number of hydrogen-bond acceptors (Lipinski definition) is 5. The minimum absolute atomic E-state index is 0.0247. The molecule has 6 nitrogen and oxygen atoms in total. The van der Waals surface area contributed by atoms with E-state index in [4.69, 9.17) is 5.73 Å². The number of carbonyl (C=O) groups excluding carboxylic acids is 1. The first-order valence-corrected chi connectivity index (χ1v) is 6.96. The molecule has 0 aromatic carbocycles. The highest BCUT2D eigenvalue weighted by atomic mass is 32.2. The van der Waals surface area contributed by atoms with Gasteiger partial charge in [-0.2, -0.15) is 0 Å². The lowest BCUT2D eigenvalue weighted by Gasteiger charge is -2.05. The lowest BCUT2D eigenvalue weighted by molar-refractivity contribution is 0.246. The summed E-state index contributed by atoms with van der Waals surface area (Å²) < 4.78 is 25.1. The van der Waals surface area contributed by atoms with Crippen molar-refractivity contribution < 1.29 is 13.2 Å². The Morgan fingerprint density at radius 1 is 1.56 bits per heavy atom. The van der Waals surface area contributed by atoms with Gasteiger partial charge in [-0.25, -0.2) is 17.9 Å². The number of carbonyl (C=O) groups is 1. The fraction of sp³-hybridized carbons (Fsp3) is 0.375. The number of amides is 2. The smallest absolute Gasteiger partial charge is 0.328 e. The van der Waals surface area contributed by atoms with Crippen molar-refractivity contribution in [3.8, 4) is 0 Å². The van der Waals surface area contributed by atoms with E-state index in [0.29, 0.717) is 12.2 Å². The Morgan fingerprint density at radius 3 is 2.75 bits per heavy atom. The maximum atomic E-state index is 11.6. The summed E-state index contributed by atoms with van der Waals surface area (Å²) >= 11 is 0.967. The average Bonchev–Trinajstić information content (AvgIpc) is 2.62. The molecule has 90 valence electrons. The summed E-state index contributed by atoms with van der Waals surface area (Å²) in [6.45, 7) is 2.29. The molecule has 0 unspecified atom stereocenters. The normalized spacial score (nSPS) is 11.1. The summed E-state index contributed by atoms with van der Waals surface area (Å²) in [6, 6.07) is 0.578. The van der Waals surface area contributed by atoms with Crippen LogP contribution in [0, 0.1) is 0 Å². The van der Waals surface area contributed by atoms with E-state index in [1.165, 1.54) is 11.4 Å². The average molecular weight is 263 g/mol. The predicted octanol–water partition coefficient (Wildman–Crippen LogP) is 0.728. The first kappa shape index (κ1) is 12.8. The zero-order chi connectivity index (χ0) is 12.2. The van der Waals surface area contributed by atoms with E-state index in [1.54, 1.807) is 0 Å². The number of anilines is 1. The van der Waals surface area contributed by atoms with E-state index in [1.807, 2.05) is 11.6 Å². The first-order valence-electron chi connectivity index (χ1n) is 4.60. The van der Waals surface area contributed by atoms with Crippen molar-refractivity contribution in [3.05, 3.63) is 11.4 Å². The van der Waals surface area contributed by atoms with Gasteiger partial charge in [0.25, 0.3) is 10.0 Å². The molecule has 1 aromatic heterocycles. The lowest BCUT2D eigenvalue weighted by atomic mass is 10.5. The molecular weight excluding hydrogens is 250 g/mol. The third kappa shape index (κ3) is 3.38. The fourth-order valence-corrected chi connectivity index (χ4v) is 2.93. The summed E-state index contributed by atoms with van der Waals surface area (Å²) in [5, 5.41) is 3.91. The molecule has 0 fully saturated rings. The van der Waals surface area contributed by atoms with Gasteiger partial charge in [0.1, 0.15) is 4.21 Å². The number of hydrogen-bond donors (Lipinski definition) is 3. The Kier molecular flexibility index (Phi) is 4.13. The van der Waals surface area contributed by atoms with Gasteiger partial charge in [-0.15, -0.1) is 11.3 Å². The van der Waals surface area contributed by atoms with Crippen LogP contribution in [-0.4, -0.2) is 21.0 Å². The van der Waals surface area contributed by atoms with Crippen molar-refractivity contribution in [2.75, 3.05) is 12.3 Å². The van der Waals surface area contributed by atoms with Crippen molar-refractivity contribution >= 4 is 33.1 Å². The van der Waals surface area contributed by atoms with Crippen LogP contribution in [-0.2, 0) is 10.0 Å². The second-order valence-electron chi connectivity index (χ2n) is 3.06. The second kappa shape index (κ2) is 5.17. The molecule has 0 aliphatic carbocycles. The highest BCUT2D eigenvalue weighted by molar-refractivity contribution is 7.92. The summed E-state index contributed by atoms with van der Waals surface area (Å²) in [5.41, 5.74) is 5.76. The molecule has 1 heterocycles. The van der Waals surface area contributed by atoms with Crippen LogP contribution in [0.15, 0.2) is 15.7 Å². The largest absolute Gasteiger partial charge is 0.398 e. The predicted molar refractivity (Wildman–Crippen MR) is 62.7 cm³/mol. The van der Waals surface area contributed by atoms with Gasteiger partial charge in [0.2, 0.25) is 0 Å². The number of nitrogens with two attached hydrogens (primary N) is 1. The Morgan fingerprint density at radius 2 is 2.25 bits per heavy atom. The van der Waals surface area contributed by atoms with Gasteiger partial charge in [-0.3, -0.25) is 0 Å². The Balaban J connectivity index is 2.69. The minimum atomic E-state index is -3.79. The highest BCUT2D eigenvalue weighted by Crippen LogP contribution is 2.20. The van der Waals surface area contributed by atoms with E-state index in [2.05, 4.69) is 5.32 Å². The molecule has 4 N–H and O–H groups in total. The Labute approximate surface area is 97.9 Å². The first-order chi connectivity index (χ1) is 7.45. The van der Waals surface area contributed by atoms with Crippen LogP contribution in [0.25, 0.3) is 0 Å². The molecule has 0 saturated carbocycles. The van der Waals surface area contributed by atoms with Crippen LogP contribution < -0.4 is 15.8 Å². The van der Waals surface area contributed by atoms with Crippen molar-refractivity contribution in [2.45, 2.75) is 17.6 Å². The number of rotatable bonds is 4. The van der Waals surface area contributed by atoms with E-state index >= 15 is 0 Å².